The number of amides is 2. The minimum absolute atomic E-state index is 0.0120. The van der Waals surface area contributed by atoms with Crippen LogP contribution in [0.3, 0.4) is 0 Å². The highest BCUT2D eigenvalue weighted by atomic mass is 35.5. The molecule has 0 bridgehead atoms. The number of carboxylic acids is 1. The van der Waals surface area contributed by atoms with Gasteiger partial charge in [-0.05, 0) is 49.9 Å². The molecule has 0 spiro atoms. The highest BCUT2D eigenvalue weighted by Crippen LogP contribution is 2.24. The van der Waals surface area contributed by atoms with Crippen LogP contribution in [-0.4, -0.2) is 60.0 Å². The molecule has 7 nitrogen and oxygen atoms in total. The summed E-state index contributed by atoms with van der Waals surface area (Å²) >= 11 is 6.00. The lowest BCUT2D eigenvalue weighted by Crippen LogP contribution is -2.43. The molecule has 2 amide bonds. The molecule has 29 heavy (non-hydrogen) atoms. The van der Waals surface area contributed by atoms with Gasteiger partial charge in [0.15, 0.2) is 0 Å². The van der Waals surface area contributed by atoms with Gasteiger partial charge >= 0.3 is 5.97 Å². The number of benzene rings is 1. The Kier molecular flexibility index (Phi) is 7.50. The quantitative estimate of drug-likeness (QED) is 0.625. The van der Waals surface area contributed by atoms with Crippen LogP contribution in [0.15, 0.2) is 24.3 Å². The summed E-state index contributed by atoms with van der Waals surface area (Å²) < 4.78 is 0. The SMILES string of the molecule is O=C(O)C1CCN(C(=O)C[C@H](CNC(=O)[C@@H]2CCCN2)c2ccc(Cl)cc2)CC1. The maximum atomic E-state index is 12.9. The molecule has 8 heteroatoms. The molecule has 2 aliphatic heterocycles. The number of nitrogens with one attached hydrogen (secondary N) is 2. The minimum atomic E-state index is -0.792. The summed E-state index contributed by atoms with van der Waals surface area (Å²) in [6.07, 6.45) is 3.05. The highest BCUT2D eigenvalue weighted by molar-refractivity contribution is 6.30. The minimum Gasteiger partial charge on any atom is -0.481 e. The first-order valence-corrected chi connectivity index (χ1v) is 10.6. The summed E-state index contributed by atoms with van der Waals surface area (Å²) in [5, 5.41) is 15.9. The van der Waals surface area contributed by atoms with Gasteiger partial charge in [-0.15, -0.1) is 0 Å². The third-order valence-corrected chi connectivity index (χ3v) is 6.11. The molecular weight excluding hydrogens is 394 g/mol. The zero-order valence-electron chi connectivity index (χ0n) is 16.4. The Bertz CT molecular complexity index is 726. The average Bonchev–Trinajstić information content (AvgIpc) is 3.26. The molecule has 1 aromatic rings. The first kappa shape index (κ1) is 21.6. The zero-order valence-corrected chi connectivity index (χ0v) is 17.2. The second-order valence-electron chi connectivity index (χ2n) is 7.84. The molecular formula is C21H28ClN3O4. The van der Waals surface area contributed by atoms with E-state index < -0.39 is 5.97 Å². The Labute approximate surface area is 175 Å². The number of carboxylic acid groups (broad SMARTS) is 1. The first-order chi connectivity index (χ1) is 13.9. The van der Waals surface area contributed by atoms with E-state index in [1.54, 1.807) is 17.0 Å². The number of rotatable bonds is 7. The van der Waals surface area contributed by atoms with Gasteiger partial charge in [0.05, 0.1) is 12.0 Å². The lowest BCUT2D eigenvalue weighted by atomic mass is 9.93. The van der Waals surface area contributed by atoms with Crippen LogP contribution in [0, 0.1) is 5.92 Å². The zero-order chi connectivity index (χ0) is 20.8. The molecule has 2 saturated heterocycles. The van der Waals surface area contributed by atoms with E-state index in [2.05, 4.69) is 10.6 Å². The van der Waals surface area contributed by atoms with Crippen LogP contribution in [0.1, 0.15) is 43.6 Å². The van der Waals surface area contributed by atoms with Crippen molar-refractivity contribution in [3.05, 3.63) is 34.9 Å². The number of carbonyl (C=O) groups excluding carboxylic acids is 2. The number of halogens is 1. The summed E-state index contributed by atoms with van der Waals surface area (Å²) in [4.78, 5) is 38.1. The maximum absolute atomic E-state index is 12.9. The number of carbonyl (C=O) groups is 3. The number of hydrogen-bond acceptors (Lipinski definition) is 4. The van der Waals surface area contributed by atoms with Gasteiger partial charge in [0.25, 0.3) is 0 Å². The molecule has 0 aliphatic carbocycles. The summed E-state index contributed by atoms with van der Waals surface area (Å²) in [5.41, 5.74) is 0.947. The molecule has 0 saturated carbocycles. The molecule has 1 aromatic carbocycles. The standard InChI is InChI=1S/C21H28ClN3O4/c22-17-5-3-14(4-6-17)16(13-24-20(27)18-2-1-9-23-18)12-19(26)25-10-7-15(8-11-25)21(28)29/h3-6,15-16,18,23H,1-2,7-13H2,(H,24,27)(H,28,29)/t16-,18+/m1/s1. The van der Waals surface area contributed by atoms with Crippen molar-refractivity contribution >= 4 is 29.4 Å². The van der Waals surface area contributed by atoms with E-state index in [1.807, 2.05) is 12.1 Å². The predicted octanol–water partition coefficient (Wildman–Crippen LogP) is 2.01. The van der Waals surface area contributed by atoms with Crippen molar-refractivity contribution in [3.63, 3.8) is 0 Å². The number of piperidine rings is 1. The first-order valence-electron chi connectivity index (χ1n) is 10.2. The maximum Gasteiger partial charge on any atom is 0.306 e. The van der Waals surface area contributed by atoms with Crippen molar-refractivity contribution in [1.29, 1.82) is 0 Å². The third kappa shape index (κ3) is 5.93. The van der Waals surface area contributed by atoms with Crippen LogP contribution >= 0.6 is 11.6 Å². The van der Waals surface area contributed by atoms with Crippen molar-refractivity contribution < 1.29 is 19.5 Å². The smallest absolute Gasteiger partial charge is 0.306 e. The third-order valence-electron chi connectivity index (χ3n) is 5.86. The van der Waals surface area contributed by atoms with Crippen molar-refractivity contribution in [2.75, 3.05) is 26.2 Å². The molecule has 158 valence electrons. The van der Waals surface area contributed by atoms with Crippen LogP contribution < -0.4 is 10.6 Å². The second kappa shape index (κ2) is 10.1. The molecule has 2 heterocycles. The van der Waals surface area contributed by atoms with E-state index in [4.69, 9.17) is 16.7 Å². The highest BCUT2D eigenvalue weighted by Gasteiger charge is 2.29. The largest absolute Gasteiger partial charge is 0.481 e. The van der Waals surface area contributed by atoms with E-state index in [0.29, 0.717) is 37.5 Å². The van der Waals surface area contributed by atoms with Crippen LogP contribution in [0.25, 0.3) is 0 Å². The average molecular weight is 422 g/mol. The fourth-order valence-corrected chi connectivity index (χ4v) is 4.14. The number of nitrogens with zero attached hydrogens (tertiary/aromatic N) is 1. The van der Waals surface area contributed by atoms with E-state index in [1.165, 1.54) is 0 Å². The van der Waals surface area contributed by atoms with Gasteiger partial charge < -0.3 is 20.6 Å². The van der Waals surface area contributed by atoms with Gasteiger partial charge in [0, 0.05) is 37.0 Å². The summed E-state index contributed by atoms with van der Waals surface area (Å²) in [5.74, 6) is -1.37. The molecule has 2 aliphatic rings. The fourth-order valence-electron chi connectivity index (χ4n) is 4.01. The van der Waals surface area contributed by atoms with Crippen molar-refractivity contribution in [1.82, 2.24) is 15.5 Å². The van der Waals surface area contributed by atoms with Crippen molar-refractivity contribution in [2.24, 2.45) is 5.92 Å². The molecule has 0 aromatic heterocycles. The summed E-state index contributed by atoms with van der Waals surface area (Å²) in [6, 6.07) is 7.18. The Balaban J connectivity index is 1.61. The summed E-state index contributed by atoms with van der Waals surface area (Å²) in [7, 11) is 0. The lowest BCUT2D eigenvalue weighted by molar-refractivity contribution is -0.145. The number of hydrogen-bond donors (Lipinski definition) is 3. The Morgan fingerprint density at radius 2 is 1.86 bits per heavy atom. The monoisotopic (exact) mass is 421 g/mol. The van der Waals surface area contributed by atoms with Crippen LogP contribution in [0.4, 0.5) is 0 Å². The van der Waals surface area contributed by atoms with E-state index >= 15 is 0 Å². The van der Waals surface area contributed by atoms with E-state index in [0.717, 1.165) is 24.9 Å². The van der Waals surface area contributed by atoms with Gasteiger partial charge in [-0.1, -0.05) is 23.7 Å². The number of likely N-dealkylation sites (tertiary alicyclic amines) is 1. The fraction of sp³-hybridized carbons (Fsp3) is 0.571. The summed E-state index contributed by atoms with van der Waals surface area (Å²) in [6.45, 7) is 2.14. The molecule has 2 fully saturated rings. The second-order valence-corrected chi connectivity index (χ2v) is 8.28. The van der Waals surface area contributed by atoms with E-state index in [-0.39, 0.29) is 36.1 Å². The van der Waals surface area contributed by atoms with Gasteiger partial charge in [-0.2, -0.15) is 0 Å². The molecule has 0 radical (unpaired) electrons. The molecule has 3 rings (SSSR count). The van der Waals surface area contributed by atoms with Crippen LogP contribution in [0.5, 0.6) is 0 Å². The van der Waals surface area contributed by atoms with Gasteiger partial charge in [0.1, 0.15) is 0 Å². The molecule has 0 unspecified atom stereocenters. The topological polar surface area (TPSA) is 98.7 Å². The predicted molar refractivity (Wildman–Crippen MR) is 110 cm³/mol. The Hall–Kier alpha value is -2.12. The molecule has 2 atom stereocenters. The number of aliphatic carboxylic acids is 1. The normalized spacial score (nSPS) is 21.0. The van der Waals surface area contributed by atoms with Gasteiger partial charge in [-0.3, -0.25) is 14.4 Å². The van der Waals surface area contributed by atoms with E-state index in [9.17, 15) is 14.4 Å². The van der Waals surface area contributed by atoms with Crippen molar-refractivity contribution in [3.8, 4) is 0 Å². The van der Waals surface area contributed by atoms with Crippen LogP contribution in [0.2, 0.25) is 5.02 Å². The van der Waals surface area contributed by atoms with Crippen LogP contribution in [-0.2, 0) is 14.4 Å². The lowest BCUT2D eigenvalue weighted by Gasteiger charge is -2.31. The Morgan fingerprint density at radius 3 is 2.45 bits per heavy atom. The van der Waals surface area contributed by atoms with Gasteiger partial charge in [-0.25, -0.2) is 0 Å². The van der Waals surface area contributed by atoms with Gasteiger partial charge in [0.2, 0.25) is 11.8 Å². The molecule has 3 N–H and O–H groups in total. The van der Waals surface area contributed by atoms with Crippen molar-refractivity contribution in [2.45, 2.75) is 44.1 Å². The Morgan fingerprint density at radius 1 is 1.17 bits per heavy atom.